The van der Waals surface area contributed by atoms with Gasteiger partial charge in [-0.25, -0.2) is 8.42 Å². The maximum absolute atomic E-state index is 12.3. The van der Waals surface area contributed by atoms with Gasteiger partial charge in [0.25, 0.3) is 0 Å². The Kier molecular flexibility index (Phi) is 5.30. The molecule has 5 nitrogen and oxygen atoms in total. The van der Waals surface area contributed by atoms with Crippen LogP contribution in [0.15, 0.2) is 84.9 Å². The molecule has 1 saturated heterocycles. The number of anilines is 1. The summed E-state index contributed by atoms with van der Waals surface area (Å²) in [6, 6.07) is 25.3. The SMILES string of the molecule is O=S1(=O)C[C@@H](N(c2cccc(O)c2)C(c2ccccc2)c2ccccc2)[C@@H](O)C1. The lowest BCUT2D eigenvalue weighted by molar-refractivity contribution is 0.175. The molecule has 1 aliphatic heterocycles. The Balaban J connectivity index is 1.92. The second kappa shape index (κ2) is 7.89. The Morgan fingerprint density at radius 2 is 1.41 bits per heavy atom. The first-order valence-corrected chi connectivity index (χ1v) is 11.3. The summed E-state index contributed by atoms with van der Waals surface area (Å²) in [6.07, 6.45) is -1.02. The molecule has 3 aromatic carbocycles. The smallest absolute Gasteiger partial charge is 0.155 e. The summed E-state index contributed by atoms with van der Waals surface area (Å²) >= 11 is 0. The number of phenolic OH excluding ortho intramolecular Hbond substituents is 1. The van der Waals surface area contributed by atoms with Crippen LogP contribution in [0, 0.1) is 0 Å². The maximum atomic E-state index is 12.3. The lowest BCUT2D eigenvalue weighted by Crippen LogP contribution is -2.46. The van der Waals surface area contributed by atoms with E-state index in [2.05, 4.69) is 0 Å². The first kappa shape index (κ1) is 19.5. The van der Waals surface area contributed by atoms with Crippen LogP contribution in [0.2, 0.25) is 0 Å². The summed E-state index contributed by atoms with van der Waals surface area (Å²) in [7, 11) is -3.36. The van der Waals surface area contributed by atoms with E-state index < -0.39 is 22.0 Å². The zero-order valence-electron chi connectivity index (χ0n) is 15.8. The van der Waals surface area contributed by atoms with Crippen molar-refractivity contribution < 1.29 is 18.6 Å². The molecular weight excluding hydrogens is 386 g/mol. The van der Waals surface area contributed by atoms with E-state index in [1.54, 1.807) is 18.2 Å². The Morgan fingerprint density at radius 1 is 0.828 bits per heavy atom. The number of aliphatic hydroxyl groups is 1. The van der Waals surface area contributed by atoms with E-state index in [-0.39, 0.29) is 23.3 Å². The molecule has 0 saturated carbocycles. The fourth-order valence-electron chi connectivity index (χ4n) is 4.05. The molecule has 0 aliphatic carbocycles. The third-order valence-corrected chi connectivity index (χ3v) is 6.99. The predicted molar refractivity (Wildman–Crippen MR) is 114 cm³/mol. The molecule has 0 bridgehead atoms. The molecule has 2 N–H and O–H groups in total. The minimum atomic E-state index is -3.36. The van der Waals surface area contributed by atoms with E-state index in [0.717, 1.165) is 11.1 Å². The van der Waals surface area contributed by atoms with Crippen LogP contribution in [0.4, 0.5) is 5.69 Å². The molecule has 29 heavy (non-hydrogen) atoms. The zero-order valence-corrected chi connectivity index (χ0v) is 16.6. The zero-order chi connectivity index (χ0) is 20.4. The van der Waals surface area contributed by atoms with Crippen molar-refractivity contribution in [2.45, 2.75) is 18.2 Å². The van der Waals surface area contributed by atoms with Crippen LogP contribution in [-0.2, 0) is 9.84 Å². The fraction of sp³-hybridized carbons (Fsp3) is 0.217. The van der Waals surface area contributed by atoms with Gasteiger partial charge in [-0.15, -0.1) is 0 Å². The highest BCUT2D eigenvalue weighted by molar-refractivity contribution is 7.91. The van der Waals surface area contributed by atoms with Crippen LogP contribution in [-0.4, -0.2) is 42.3 Å². The van der Waals surface area contributed by atoms with E-state index >= 15 is 0 Å². The van der Waals surface area contributed by atoms with Gasteiger partial charge in [-0.1, -0.05) is 66.7 Å². The van der Waals surface area contributed by atoms with Gasteiger partial charge in [0, 0.05) is 11.8 Å². The van der Waals surface area contributed by atoms with Crippen LogP contribution < -0.4 is 4.90 Å². The molecule has 0 radical (unpaired) electrons. The molecule has 1 aliphatic rings. The highest BCUT2D eigenvalue weighted by atomic mass is 32.2. The Bertz CT molecular complexity index is 1030. The van der Waals surface area contributed by atoms with Gasteiger partial charge in [0.05, 0.1) is 29.7 Å². The van der Waals surface area contributed by atoms with Gasteiger partial charge in [-0.3, -0.25) is 0 Å². The normalized spacial score (nSPS) is 20.6. The van der Waals surface area contributed by atoms with Crippen molar-refractivity contribution in [1.82, 2.24) is 0 Å². The van der Waals surface area contributed by atoms with Crippen LogP contribution in [0.1, 0.15) is 17.2 Å². The van der Waals surface area contributed by atoms with E-state index in [9.17, 15) is 18.6 Å². The monoisotopic (exact) mass is 409 g/mol. The number of sulfone groups is 1. The van der Waals surface area contributed by atoms with Crippen LogP contribution in [0.3, 0.4) is 0 Å². The number of aromatic hydroxyl groups is 1. The molecule has 2 atom stereocenters. The van der Waals surface area contributed by atoms with Gasteiger partial charge in [-0.05, 0) is 23.3 Å². The van der Waals surface area contributed by atoms with E-state index in [4.69, 9.17) is 0 Å². The molecule has 0 aromatic heterocycles. The molecule has 3 aromatic rings. The topological polar surface area (TPSA) is 77.8 Å². The molecule has 150 valence electrons. The Hall–Kier alpha value is -2.83. The average Bonchev–Trinajstić information content (AvgIpc) is 2.99. The van der Waals surface area contributed by atoms with E-state index in [1.165, 1.54) is 0 Å². The van der Waals surface area contributed by atoms with Gasteiger partial charge < -0.3 is 15.1 Å². The van der Waals surface area contributed by atoms with Gasteiger partial charge >= 0.3 is 0 Å². The maximum Gasteiger partial charge on any atom is 0.155 e. The second-order valence-corrected chi connectivity index (χ2v) is 9.52. The predicted octanol–water partition coefficient (Wildman–Crippen LogP) is 3.15. The highest BCUT2D eigenvalue weighted by Crippen LogP contribution is 2.38. The van der Waals surface area contributed by atoms with E-state index in [0.29, 0.717) is 5.69 Å². The number of rotatable bonds is 5. The summed E-state index contributed by atoms with van der Waals surface area (Å²) in [4.78, 5) is 1.93. The fourth-order valence-corrected chi connectivity index (χ4v) is 5.83. The van der Waals surface area contributed by atoms with Crippen molar-refractivity contribution in [2.75, 3.05) is 16.4 Å². The third-order valence-electron chi connectivity index (χ3n) is 5.29. The minimum absolute atomic E-state index is 0.0858. The summed E-state index contributed by atoms with van der Waals surface area (Å²) in [6.45, 7) is 0. The van der Waals surface area contributed by atoms with Gasteiger partial charge in [0.15, 0.2) is 9.84 Å². The van der Waals surface area contributed by atoms with Crippen molar-refractivity contribution in [3.8, 4) is 5.75 Å². The number of benzene rings is 3. The lowest BCUT2D eigenvalue weighted by Gasteiger charge is -2.40. The first-order valence-electron chi connectivity index (χ1n) is 9.50. The van der Waals surface area contributed by atoms with Crippen molar-refractivity contribution >= 4 is 15.5 Å². The standard InChI is InChI=1S/C23H23NO4S/c25-20-13-7-12-19(14-20)24(21-15-29(27,28)16-22(21)26)23(17-8-3-1-4-9-17)18-10-5-2-6-11-18/h1-14,21-23,25-26H,15-16H2/t21-,22+/m1/s1. The average molecular weight is 410 g/mol. The summed E-state index contributed by atoms with van der Waals surface area (Å²) in [5.74, 6) is -0.314. The summed E-state index contributed by atoms with van der Waals surface area (Å²) in [5, 5.41) is 20.8. The van der Waals surface area contributed by atoms with Gasteiger partial charge in [0.2, 0.25) is 0 Å². The van der Waals surface area contributed by atoms with E-state index in [1.807, 2.05) is 71.6 Å². The molecule has 4 rings (SSSR count). The molecule has 1 heterocycles. The lowest BCUT2D eigenvalue weighted by atomic mass is 9.94. The number of hydrogen-bond donors (Lipinski definition) is 2. The first-order chi connectivity index (χ1) is 13.9. The number of aliphatic hydroxyl groups excluding tert-OH is 1. The molecule has 0 spiro atoms. The Labute approximate surface area is 170 Å². The number of phenols is 1. The number of nitrogens with zero attached hydrogens (tertiary/aromatic N) is 1. The van der Waals surface area contributed by atoms with Crippen LogP contribution in [0.25, 0.3) is 0 Å². The summed E-state index contributed by atoms with van der Waals surface area (Å²) < 4.78 is 24.6. The van der Waals surface area contributed by atoms with Crippen molar-refractivity contribution in [2.24, 2.45) is 0 Å². The molecule has 1 fully saturated rings. The highest BCUT2D eigenvalue weighted by Gasteiger charge is 2.43. The molecule has 6 heteroatoms. The molecular formula is C23H23NO4S. The van der Waals surface area contributed by atoms with Gasteiger partial charge in [0.1, 0.15) is 5.75 Å². The second-order valence-electron chi connectivity index (χ2n) is 7.36. The third kappa shape index (κ3) is 4.13. The molecule has 0 amide bonds. The summed E-state index contributed by atoms with van der Waals surface area (Å²) in [5.41, 5.74) is 2.60. The van der Waals surface area contributed by atoms with Crippen molar-refractivity contribution in [3.63, 3.8) is 0 Å². The van der Waals surface area contributed by atoms with Crippen LogP contribution in [0.5, 0.6) is 5.75 Å². The Morgan fingerprint density at radius 3 is 1.90 bits per heavy atom. The van der Waals surface area contributed by atoms with Crippen molar-refractivity contribution in [3.05, 3.63) is 96.1 Å². The molecule has 0 unspecified atom stereocenters. The van der Waals surface area contributed by atoms with Crippen molar-refractivity contribution in [1.29, 1.82) is 0 Å². The quantitative estimate of drug-likeness (QED) is 0.677. The minimum Gasteiger partial charge on any atom is -0.508 e. The van der Waals surface area contributed by atoms with Crippen LogP contribution >= 0.6 is 0 Å². The van der Waals surface area contributed by atoms with Gasteiger partial charge in [-0.2, -0.15) is 0 Å². The largest absolute Gasteiger partial charge is 0.508 e. The number of hydrogen-bond acceptors (Lipinski definition) is 5.